The molecule has 1 fully saturated rings. The van der Waals surface area contributed by atoms with E-state index in [-0.39, 0.29) is 0 Å². The van der Waals surface area contributed by atoms with Crippen LogP contribution in [0.5, 0.6) is 0 Å². The Hall–Kier alpha value is -0.300. The highest BCUT2D eigenvalue weighted by Crippen LogP contribution is 2.53. The Morgan fingerprint density at radius 2 is 2.06 bits per heavy atom. The molecule has 0 radical (unpaired) electrons. The van der Waals surface area contributed by atoms with Gasteiger partial charge in [0.1, 0.15) is 0 Å². The standard InChI is InChI=1S/C15H26O/c1-11-6-5-7-12-8-9-13(14(2,3)16)10-15(11,12)4/h7,11,13,16H,5-6,8-10H2,1-4H3/t11-,13+,15+/m1/s1. The lowest BCUT2D eigenvalue weighted by Gasteiger charge is -2.49. The Balaban J connectivity index is 2.23. The molecule has 0 amide bonds. The molecule has 1 N–H and O–H groups in total. The molecule has 0 aliphatic heterocycles. The number of rotatable bonds is 1. The van der Waals surface area contributed by atoms with Gasteiger partial charge in [-0.3, -0.25) is 0 Å². The highest BCUT2D eigenvalue weighted by atomic mass is 16.3. The lowest BCUT2D eigenvalue weighted by molar-refractivity contribution is -0.0245. The van der Waals surface area contributed by atoms with E-state index in [0.29, 0.717) is 11.3 Å². The third-order valence-corrected chi connectivity index (χ3v) is 5.24. The third-order valence-electron chi connectivity index (χ3n) is 5.24. The summed E-state index contributed by atoms with van der Waals surface area (Å²) in [5, 5.41) is 10.2. The lowest BCUT2D eigenvalue weighted by Crippen LogP contribution is -2.43. The largest absolute Gasteiger partial charge is 0.390 e. The van der Waals surface area contributed by atoms with Crippen LogP contribution in [0.25, 0.3) is 0 Å². The Morgan fingerprint density at radius 3 is 2.69 bits per heavy atom. The van der Waals surface area contributed by atoms with Crippen molar-refractivity contribution in [3.8, 4) is 0 Å². The van der Waals surface area contributed by atoms with Gasteiger partial charge >= 0.3 is 0 Å². The summed E-state index contributed by atoms with van der Waals surface area (Å²) in [4.78, 5) is 0. The zero-order valence-corrected chi connectivity index (χ0v) is 11.2. The molecule has 1 nitrogen and oxygen atoms in total. The summed E-state index contributed by atoms with van der Waals surface area (Å²) in [6.07, 6.45) is 8.59. The van der Waals surface area contributed by atoms with Gasteiger partial charge in [-0.2, -0.15) is 0 Å². The molecule has 1 heteroatoms. The zero-order chi connectivity index (χ0) is 12.0. The maximum absolute atomic E-state index is 10.2. The van der Waals surface area contributed by atoms with Crippen molar-refractivity contribution >= 4 is 0 Å². The summed E-state index contributed by atoms with van der Waals surface area (Å²) in [5.41, 5.74) is 1.53. The lowest BCUT2D eigenvalue weighted by atomic mass is 9.56. The minimum Gasteiger partial charge on any atom is -0.390 e. The van der Waals surface area contributed by atoms with E-state index in [2.05, 4.69) is 19.9 Å². The van der Waals surface area contributed by atoms with Gasteiger partial charge in [-0.15, -0.1) is 0 Å². The van der Waals surface area contributed by atoms with Gasteiger partial charge in [0.25, 0.3) is 0 Å². The number of aliphatic hydroxyl groups is 1. The van der Waals surface area contributed by atoms with E-state index in [4.69, 9.17) is 0 Å². The van der Waals surface area contributed by atoms with Gasteiger partial charge in [0, 0.05) is 0 Å². The van der Waals surface area contributed by atoms with E-state index in [9.17, 15) is 5.11 Å². The summed E-state index contributed by atoms with van der Waals surface area (Å²) < 4.78 is 0. The van der Waals surface area contributed by atoms with Crippen molar-refractivity contribution in [1.29, 1.82) is 0 Å². The van der Waals surface area contributed by atoms with E-state index in [1.54, 1.807) is 5.57 Å². The molecule has 92 valence electrons. The molecule has 0 saturated heterocycles. The second-order valence-corrected chi connectivity index (χ2v) is 6.72. The zero-order valence-electron chi connectivity index (χ0n) is 11.2. The summed E-state index contributed by atoms with van der Waals surface area (Å²) in [5.74, 6) is 1.24. The van der Waals surface area contributed by atoms with Gasteiger partial charge in [0.2, 0.25) is 0 Å². The van der Waals surface area contributed by atoms with Crippen LogP contribution in [0.2, 0.25) is 0 Å². The molecule has 16 heavy (non-hydrogen) atoms. The van der Waals surface area contributed by atoms with Crippen LogP contribution in [0.15, 0.2) is 11.6 Å². The minimum absolute atomic E-state index is 0.362. The van der Waals surface area contributed by atoms with Crippen molar-refractivity contribution in [3.05, 3.63) is 11.6 Å². The quantitative estimate of drug-likeness (QED) is 0.667. The molecule has 0 aromatic carbocycles. The van der Waals surface area contributed by atoms with Crippen LogP contribution in [0, 0.1) is 17.3 Å². The summed E-state index contributed by atoms with van der Waals surface area (Å²) in [7, 11) is 0. The Morgan fingerprint density at radius 1 is 1.38 bits per heavy atom. The molecule has 0 aromatic heterocycles. The Labute approximate surface area is 99.9 Å². The van der Waals surface area contributed by atoms with Gasteiger partial charge in [0.15, 0.2) is 0 Å². The molecular weight excluding hydrogens is 196 g/mol. The Kier molecular flexibility index (Phi) is 2.94. The van der Waals surface area contributed by atoms with E-state index in [1.807, 2.05) is 13.8 Å². The molecule has 2 rings (SSSR count). The summed E-state index contributed by atoms with van der Waals surface area (Å²) in [6.45, 7) is 8.76. The fraction of sp³-hybridized carbons (Fsp3) is 0.867. The minimum atomic E-state index is -0.508. The van der Waals surface area contributed by atoms with Crippen LogP contribution in [-0.2, 0) is 0 Å². The molecule has 0 aromatic rings. The predicted octanol–water partition coefficient (Wildman–Crippen LogP) is 3.92. The van der Waals surface area contributed by atoms with Crippen LogP contribution in [0.4, 0.5) is 0 Å². The first-order valence-corrected chi connectivity index (χ1v) is 6.76. The maximum atomic E-state index is 10.2. The molecule has 2 aliphatic rings. The second kappa shape index (κ2) is 3.87. The highest BCUT2D eigenvalue weighted by molar-refractivity contribution is 5.21. The molecule has 2 aliphatic carbocycles. The molecule has 3 atom stereocenters. The van der Waals surface area contributed by atoms with E-state index < -0.39 is 5.60 Å². The van der Waals surface area contributed by atoms with Gasteiger partial charge in [-0.25, -0.2) is 0 Å². The molecule has 0 bridgehead atoms. The van der Waals surface area contributed by atoms with Crippen molar-refractivity contribution in [2.75, 3.05) is 0 Å². The summed E-state index contributed by atoms with van der Waals surface area (Å²) >= 11 is 0. The monoisotopic (exact) mass is 222 g/mol. The molecular formula is C15H26O. The van der Waals surface area contributed by atoms with Crippen molar-refractivity contribution in [1.82, 2.24) is 0 Å². The van der Waals surface area contributed by atoms with Crippen molar-refractivity contribution in [2.45, 2.75) is 65.4 Å². The van der Waals surface area contributed by atoms with Gasteiger partial charge in [0.05, 0.1) is 5.60 Å². The van der Waals surface area contributed by atoms with E-state index >= 15 is 0 Å². The van der Waals surface area contributed by atoms with E-state index in [1.165, 1.54) is 25.7 Å². The average molecular weight is 222 g/mol. The Bertz CT molecular complexity index is 297. The SMILES string of the molecule is C[C@@H]1CCC=C2CC[C@H](C(C)(C)O)C[C@]21C. The molecule has 0 spiro atoms. The van der Waals surface area contributed by atoms with Gasteiger partial charge < -0.3 is 5.11 Å². The van der Waals surface area contributed by atoms with Gasteiger partial charge in [-0.05, 0) is 63.2 Å². The third kappa shape index (κ3) is 1.95. The first-order valence-electron chi connectivity index (χ1n) is 6.76. The van der Waals surface area contributed by atoms with Crippen LogP contribution in [0.3, 0.4) is 0 Å². The number of allylic oxidation sites excluding steroid dienone is 2. The predicted molar refractivity (Wildman–Crippen MR) is 68.2 cm³/mol. The van der Waals surface area contributed by atoms with Crippen molar-refractivity contribution in [2.24, 2.45) is 17.3 Å². The van der Waals surface area contributed by atoms with E-state index in [0.717, 1.165) is 12.3 Å². The van der Waals surface area contributed by atoms with Crippen LogP contribution in [-0.4, -0.2) is 10.7 Å². The highest BCUT2D eigenvalue weighted by Gasteiger charge is 2.44. The molecule has 0 heterocycles. The first-order chi connectivity index (χ1) is 7.34. The van der Waals surface area contributed by atoms with Crippen LogP contribution >= 0.6 is 0 Å². The fourth-order valence-electron chi connectivity index (χ4n) is 3.64. The maximum Gasteiger partial charge on any atom is 0.0620 e. The normalized spacial score (nSPS) is 40.2. The first kappa shape index (κ1) is 12.2. The molecule has 1 saturated carbocycles. The topological polar surface area (TPSA) is 20.2 Å². The fourth-order valence-corrected chi connectivity index (χ4v) is 3.64. The number of fused-ring (bicyclic) bond motifs is 1. The van der Waals surface area contributed by atoms with Crippen LogP contribution in [0.1, 0.15) is 59.8 Å². The summed E-state index contributed by atoms with van der Waals surface area (Å²) in [6, 6.07) is 0. The van der Waals surface area contributed by atoms with Crippen molar-refractivity contribution in [3.63, 3.8) is 0 Å². The number of hydrogen-bond donors (Lipinski definition) is 1. The smallest absolute Gasteiger partial charge is 0.0620 e. The molecule has 0 unspecified atom stereocenters. The van der Waals surface area contributed by atoms with Crippen LogP contribution < -0.4 is 0 Å². The number of hydrogen-bond acceptors (Lipinski definition) is 1. The van der Waals surface area contributed by atoms with Crippen molar-refractivity contribution < 1.29 is 5.11 Å². The second-order valence-electron chi connectivity index (χ2n) is 6.72. The van der Waals surface area contributed by atoms with Gasteiger partial charge in [-0.1, -0.05) is 25.5 Å². The average Bonchev–Trinajstić information content (AvgIpc) is 2.17.